The molecule has 0 aliphatic carbocycles. The van der Waals surface area contributed by atoms with Gasteiger partial charge >= 0.3 is 0 Å². The molecule has 4 rings (SSSR count). The van der Waals surface area contributed by atoms with Gasteiger partial charge in [-0.2, -0.15) is 0 Å². The van der Waals surface area contributed by atoms with E-state index in [-0.39, 0.29) is 23.9 Å². The van der Waals surface area contributed by atoms with Crippen LogP contribution < -0.4 is 4.74 Å². The van der Waals surface area contributed by atoms with E-state index in [1.54, 1.807) is 18.1 Å². The molecule has 1 fully saturated rings. The number of hydrogen-bond acceptors (Lipinski definition) is 5. The van der Waals surface area contributed by atoms with Crippen LogP contribution in [0, 0.1) is 0 Å². The lowest BCUT2D eigenvalue weighted by Crippen LogP contribution is -2.38. The molecule has 7 heteroatoms. The number of ether oxygens (including phenoxy) is 1. The average Bonchev–Trinajstić information content (AvgIpc) is 3.17. The van der Waals surface area contributed by atoms with E-state index in [9.17, 15) is 9.59 Å². The van der Waals surface area contributed by atoms with Gasteiger partial charge in [-0.25, -0.2) is 0 Å². The third-order valence-electron chi connectivity index (χ3n) is 5.46. The van der Waals surface area contributed by atoms with Crippen molar-refractivity contribution >= 4 is 11.8 Å². The van der Waals surface area contributed by atoms with Gasteiger partial charge in [0, 0.05) is 43.4 Å². The van der Waals surface area contributed by atoms with Crippen LogP contribution in [0.25, 0.3) is 11.3 Å². The highest BCUT2D eigenvalue weighted by atomic mass is 16.5. The van der Waals surface area contributed by atoms with Crippen molar-refractivity contribution in [1.29, 1.82) is 0 Å². The maximum atomic E-state index is 12.9. The maximum absolute atomic E-state index is 12.9. The molecule has 1 aliphatic heterocycles. The maximum Gasteiger partial charge on any atom is 0.276 e. The Morgan fingerprint density at radius 3 is 2.48 bits per heavy atom. The van der Waals surface area contributed by atoms with Crippen LogP contribution in [0.1, 0.15) is 22.5 Å². The van der Waals surface area contributed by atoms with Gasteiger partial charge in [-0.15, -0.1) is 0 Å². The van der Waals surface area contributed by atoms with Crippen LogP contribution in [-0.4, -0.2) is 60.1 Å². The van der Waals surface area contributed by atoms with E-state index < -0.39 is 0 Å². The van der Waals surface area contributed by atoms with Gasteiger partial charge in [0.1, 0.15) is 5.75 Å². The van der Waals surface area contributed by atoms with Gasteiger partial charge in [0.25, 0.3) is 5.91 Å². The van der Waals surface area contributed by atoms with Crippen molar-refractivity contribution in [2.45, 2.75) is 12.8 Å². The number of carbonyl (C=O) groups is 2. The third-order valence-corrected chi connectivity index (χ3v) is 5.46. The number of aromatic nitrogens is 1. The standard InChI is InChI=1S/C24H25N3O4/c1-30-21-11-6-5-10-19(21)16-23(28)26-12-7-13-27(15-14-26)24(29)20-17-22(31-25-20)18-8-3-2-4-9-18/h2-6,8-11,17H,7,12-16H2,1H3. The summed E-state index contributed by atoms with van der Waals surface area (Å²) < 4.78 is 10.7. The third kappa shape index (κ3) is 4.77. The number of hydrogen-bond donors (Lipinski definition) is 0. The predicted molar refractivity (Wildman–Crippen MR) is 116 cm³/mol. The van der Waals surface area contributed by atoms with Gasteiger partial charge < -0.3 is 19.1 Å². The minimum atomic E-state index is -0.176. The largest absolute Gasteiger partial charge is 0.496 e. The second kappa shape index (κ2) is 9.47. The summed E-state index contributed by atoms with van der Waals surface area (Å²) in [5, 5.41) is 3.97. The van der Waals surface area contributed by atoms with Crippen molar-refractivity contribution < 1.29 is 18.8 Å². The predicted octanol–water partition coefficient (Wildman–Crippen LogP) is 3.27. The van der Waals surface area contributed by atoms with Crippen molar-refractivity contribution in [3.05, 3.63) is 71.9 Å². The van der Waals surface area contributed by atoms with Crippen LogP contribution in [0.4, 0.5) is 0 Å². The zero-order valence-corrected chi connectivity index (χ0v) is 17.5. The lowest BCUT2D eigenvalue weighted by atomic mass is 10.1. The lowest BCUT2D eigenvalue weighted by Gasteiger charge is -2.22. The van der Waals surface area contributed by atoms with Crippen LogP contribution in [0.3, 0.4) is 0 Å². The molecule has 0 spiro atoms. The Balaban J connectivity index is 1.38. The first-order valence-electron chi connectivity index (χ1n) is 10.4. The summed E-state index contributed by atoms with van der Waals surface area (Å²) in [6.07, 6.45) is 0.995. The highest BCUT2D eigenvalue weighted by Gasteiger charge is 2.25. The molecule has 1 aliphatic rings. The Bertz CT molecular complexity index is 1050. The van der Waals surface area contributed by atoms with E-state index in [2.05, 4.69) is 5.16 Å². The summed E-state index contributed by atoms with van der Waals surface area (Å²) in [5.41, 5.74) is 2.02. The van der Waals surface area contributed by atoms with Crippen molar-refractivity contribution in [2.24, 2.45) is 0 Å². The Hall–Kier alpha value is -3.61. The Labute approximate surface area is 181 Å². The zero-order valence-electron chi connectivity index (χ0n) is 17.5. The number of amides is 2. The number of benzene rings is 2. The first-order chi connectivity index (χ1) is 15.2. The fourth-order valence-corrected chi connectivity index (χ4v) is 3.77. The van der Waals surface area contributed by atoms with Crippen molar-refractivity contribution in [2.75, 3.05) is 33.3 Å². The molecule has 0 N–H and O–H groups in total. The van der Waals surface area contributed by atoms with Crippen LogP contribution in [0.5, 0.6) is 5.75 Å². The topological polar surface area (TPSA) is 75.9 Å². The van der Waals surface area contributed by atoms with Crippen LogP contribution >= 0.6 is 0 Å². The second-order valence-corrected chi connectivity index (χ2v) is 7.46. The van der Waals surface area contributed by atoms with Crippen LogP contribution in [0.15, 0.2) is 65.2 Å². The molecule has 0 saturated carbocycles. The smallest absolute Gasteiger partial charge is 0.276 e. The summed E-state index contributed by atoms with van der Waals surface area (Å²) >= 11 is 0. The summed E-state index contributed by atoms with van der Waals surface area (Å²) in [6.45, 7) is 2.14. The molecule has 2 amide bonds. The summed E-state index contributed by atoms with van der Waals surface area (Å²) in [5.74, 6) is 1.13. The molecular weight excluding hydrogens is 394 g/mol. The highest BCUT2D eigenvalue weighted by molar-refractivity contribution is 5.93. The summed E-state index contributed by atoms with van der Waals surface area (Å²) in [6, 6.07) is 18.8. The molecule has 160 valence electrons. The first-order valence-corrected chi connectivity index (χ1v) is 10.4. The van der Waals surface area contributed by atoms with Crippen molar-refractivity contribution in [1.82, 2.24) is 15.0 Å². The second-order valence-electron chi connectivity index (χ2n) is 7.46. The van der Waals surface area contributed by atoms with Gasteiger partial charge in [-0.1, -0.05) is 53.7 Å². The van der Waals surface area contributed by atoms with E-state index in [1.807, 2.05) is 59.5 Å². The van der Waals surface area contributed by atoms with Crippen molar-refractivity contribution in [3.63, 3.8) is 0 Å². The normalized spacial score (nSPS) is 14.2. The Morgan fingerprint density at radius 2 is 1.68 bits per heavy atom. The van der Waals surface area contributed by atoms with E-state index in [1.165, 1.54) is 0 Å². The van der Waals surface area contributed by atoms with Gasteiger partial charge in [0.2, 0.25) is 5.91 Å². The SMILES string of the molecule is COc1ccccc1CC(=O)N1CCCN(C(=O)c2cc(-c3ccccc3)on2)CC1. The van der Waals surface area contributed by atoms with E-state index in [4.69, 9.17) is 9.26 Å². The molecule has 7 nitrogen and oxygen atoms in total. The van der Waals surface area contributed by atoms with E-state index in [0.29, 0.717) is 44.1 Å². The van der Waals surface area contributed by atoms with Crippen LogP contribution in [0.2, 0.25) is 0 Å². The molecule has 2 heterocycles. The highest BCUT2D eigenvalue weighted by Crippen LogP contribution is 2.21. The van der Waals surface area contributed by atoms with E-state index in [0.717, 1.165) is 11.1 Å². The molecule has 3 aromatic rings. The molecule has 0 atom stereocenters. The zero-order chi connectivity index (χ0) is 21.6. The molecule has 1 saturated heterocycles. The van der Waals surface area contributed by atoms with Crippen LogP contribution in [-0.2, 0) is 11.2 Å². The average molecular weight is 419 g/mol. The van der Waals surface area contributed by atoms with Crippen molar-refractivity contribution in [3.8, 4) is 17.1 Å². The molecule has 1 aromatic heterocycles. The number of nitrogens with zero attached hydrogens (tertiary/aromatic N) is 3. The summed E-state index contributed by atoms with van der Waals surface area (Å²) in [7, 11) is 1.60. The molecule has 0 radical (unpaired) electrons. The minimum absolute atomic E-state index is 0.0339. The number of methoxy groups -OCH3 is 1. The molecular formula is C24H25N3O4. The number of rotatable bonds is 5. The Morgan fingerprint density at radius 1 is 0.968 bits per heavy atom. The molecule has 31 heavy (non-hydrogen) atoms. The first kappa shape index (κ1) is 20.7. The fraction of sp³-hybridized carbons (Fsp3) is 0.292. The molecule has 0 bridgehead atoms. The van der Waals surface area contributed by atoms with Gasteiger partial charge in [-0.05, 0) is 12.5 Å². The Kier molecular flexibility index (Phi) is 6.31. The van der Waals surface area contributed by atoms with Gasteiger partial charge in [0.05, 0.1) is 13.5 Å². The van der Waals surface area contributed by atoms with Gasteiger partial charge in [0.15, 0.2) is 11.5 Å². The lowest BCUT2D eigenvalue weighted by molar-refractivity contribution is -0.130. The fourth-order valence-electron chi connectivity index (χ4n) is 3.77. The molecule has 0 unspecified atom stereocenters. The van der Waals surface area contributed by atoms with E-state index >= 15 is 0 Å². The summed E-state index contributed by atoms with van der Waals surface area (Å²) in [4.78, 5) is 29.3. The monoisotopic (exact) mass is 419 g/mol. The van der Waals surface area contributed by atoms with Gasteiger partial charge in [-0.3, -0.25) is 9.59 Å². The number of carbonyl (C=O) groups excluding carboxylic acids is 2. The quantitative estimate of drug-likeness (QED) is 0.635. The number of para-hydroxylation sites is 1. The minimum Gasteiger partial charge on any atom is -0.496 e. The molecule has 2 aromatic carbocycles.